The number of ether oxygens (including phenoxy) is 1. The van der Waals surface area contributed by atoms with Crippen LogP contribution in [0.5, 0.6) is 0 Å². The van der Waals surface area contributed by atoms with E-state index >= 15 is 0 Å². The van der Waals surface area contributed by atoms with E-state index < -0.39 is 0 Å². The van der Waals surface area contributed by atoms with Crippen LogP contribution in [0, 0.1) is 0 Å². The highest BCUT2D eigenvalue weighted by Gasteiger charge is 2.08. The van der Waals surface area contributed by atoms with E-state index in [-0.39, 0.29) is 24.0 Å². The molecule has 1 fully saturated rings. The van der Waals surface area contributed by atoms with Gasteiger partial charge in [0.2, 0.25) is 0 Å². The number of hydrogen-bond acceptors (Lipinski definition) is 3. The third-order valence-corrected chi connectivity index (χ3v) is 3.86. The van der Waals surface area contributed by atoms with Gasteiger partial charge in [-0.25, -0.2) is 0 Å². The van der Waals surface area contributed by atoms with Crippen LogP contribution < -0.4 is 11.1 Å². The highest BCUT2D eigenvalue weighted by atomic mass is 127. The highest BCUT2D eigenvalue weighted by Crippen LogP contribution is 2.10. The smallest absolute Gasteiger partial charge is 0.188 e. The van der Waals surface area contributed by atoms with Gasteiger partial charge in [-0.2, -0.15) is 0 Å². The molecular formula is C16H26ClIN4O. The molecule has 0 aliphatic carbocycles. The minimum atomic E-state index is 0. The van der Waals surface area contributed by atoms with E-state index in [4.69, 9.17) is 22.1 Å². The van der Waals surface area contributed by atoms with Crippen molar-refractivity contribution in [3.05, 3.63) is 34.9 Å². The number of nitrogens with two attached hydrogens (primary N) is 1. The van der Waals surface area contributed by atoms with Crippen LogP contribution in [0.25, 0.3) is 0 Å². The predicted molar refractivity (Wildman–Crippen MR) is 107 cm³/mol. The van der Waals surface area contributed by atoms with E-state index in [1.807, 2.05) is 18.2 Å². The summed E-state index contributed by atoms with van der Waals surface area (Å²) in [5.41, 5.74) is 7.06. The zero-order chi connectivity index (χ0) is 15.6. The molecule has 7 heteroatoms. The van der Waals surface area contributed by atoms with Gasteiger partial charge in [0.1, 0.15) is 0 Å². The molecule has 23 heavy (non-hydrogen) atoms. The van der Waals surface area contributed by atoms with Gasteiger partial charge >= 0.3 is 0 Å². The summed E-state index contributed by atoms with van der Waals surface area (Å²) < 4.78 is 5.32. The highest BCUT2D eigenvalue weighted by molar-refractivity contribution is 14.0. The predicted octanol–water partition coefficient (Wildman–Crippen LogP) is 2.13. The summed E-state index contributed by atoms with van der Waals surface area (Å²) in [5, 5.41) is 3.91. The molecule has 0 bridgehead atoms. The molecule has 0 radical (unpaired) electrons. The summed E-state index contributed by atoms with van der Waals surface area (Å²) in [6, 6.07) is 7.87. The first-order valence-corrected chi connectivity index (χ1v) is 8.20. The van der Waals surface area contributed by atoms with Crippen LogP contribution in [0.1, 0.15) is 12.0 Å². The van der Waals surface area contributed by atoms with Crippen LogP contribution in [0.3, 0.4) is 0 Å². The van der Waals surface area contributed by atoms with Crippen LogP contribution in [0.15, 0.2) is 29.3 Å². The van der Waals surface area contributed by atoms with Crippen molar-refractivity contribution in [1.82, 2.24) is 10.2 Å². The Morgan fingerprint density at radius 1 is 1.35 bits per heavy atom. The van der Waals surface area contributed by atoms with Gasteiger partial charge in [0.25, 0.3) is 0 Å². The summed E-state index contributed by atoms with van der Waals surface area (Å²) in [7, 11) is 0. The first-order chi connectivity index (χ1) is 10.7. The maximum absolute atomic E-state index is 5.95. The Hall–Kier alpha value is -0.570. The van der Waals surface area contributed by atoms with Crippen molar-refractivity contribution >= 4 is 41.5 Å². The molecule has 1 aromatic carbocycles. The van der Waals surface area contributed by atoms with Gasteiger partial charge in [-0.1, -0.05) is 23.7 Å². The molecule has 0 atom stereocenters. The molecule has 1 aliphatic rings. The van der Waals surface area contributed by atoms with Gasteiger partial charge in [-0.05, 0) is 30.5 Å². The van der Waals surface area contributed by atoms with E-state index in [0.29, 0.717) is 5.96 Å². The summed E-state index contributed by atoms with van der Waals surface area (Å²) in [4.78, 5) is 6.76. The normalized spacial score (nSPS) is 16.0. The molecule has 0 spiro atoms. The third kappa shape index (κ3) is 8.74. The van der Waals surface area contributed by atoms with Crippen molar-refractivity contribution in [2.24, 2.45) is 10.7 Å². The first kappa shape index (κ1) is 20.5. The first-order valence-electron chi connectivity index (χ1n) is 7.82. The SMILES string of the molecule is I.NC(=NCCCN1CCOCC1)NCCc1cccc(Cl)c1. The molecule has 0 aromatic heterocycles. The molecule has 3 N–H and O–H groups in total. The number of guanidine groups is 1. The number of aliphatic imine (C=N–C) groups is 1. The standard InChI is InChI=1S/C16H25ClN4O.HI/c17-15-4-1-3-14(13-15)5-7-20-16(18)19-6-2-8-21-9-11-22-12-10-21;/h1,3-4,13H,2,5-12H2,(H3,18,19,20);1H. The fourth-order valence-electron chi connectivity index (χ4n) is 2.40. The van der Waals surface area contributed by atoms with Crippen molar-refractivity contribution in [3.8, 4) is 0 Å². The second kappa shape index (κ2) is 11.9. The van der Waals surface area contributed by atoms with E-state index in [0.717, 1.165) is 63.8 Å². The Morgan fingerprint density at radius 2 is 2.13 bits per heavy atom. The van der Waals surface area contributed by atoms with Crippen molar-refractivity contribution in [1.29, 1.82) is 0 Å². The van der Waals surface area contributed by atoms with E-state index in [9.17, 15) is 0 Å². The Morgan fingerprint density at radius 3 is 2.87 bits per heavy atom. The summed E-state index contributed by atoms with van der Waals surface area (Å²) in [6.45, 7) is 6.32. The van der Waals surface area contributed by atoms with Gasteiger partial charge in [0.15, 0.2) is 5.96 Å². The third-order valence-electron chi connectivity index (χ3n) is 3.63. The van der Waals surface area contributed by atoms with Crippen molar-refractivity contribution in [2.75, 3.05) is 45.9 Å². The maximum Gasteiger partial charge on any atom is 0.188 e. The topological polar surface area (TPSA) is 62.9 Å². The van der Waals surface area contributed by atoms with Crippen LogP contribution in [-0.2, 0) is 11.2 Å². The Bertz CT molecular complexity index is 481. The summed E-state index contributed by atoms with van der Waals surface area (Å²) in [5.74, 6) is 0.518. The number of hydrogen-bond donors (Lipinski definition) is 2. The molecule has 5 nitrogen and oxygen atoms in total. The molecule has 1 heterocycles. The van der Waals surface area contributed by atoms with Gasteiger partial charge in [-0.3, -0.25) is 9.89 Å². The van der Waals surface area contributed by atoms with E-state index in [1.165, 1.54) is 5.56 Å². The number of halogens is 2. The maximum atomic E-state index is 5.95. The number of nitrogens with one attached hydrogen (secondary N) is 1. The van der Waals surface area contributed by atoms with Crippen molar-refractivity contribution in [3.63, 3.8) is 0 Å². The molecular weight excluding hydrogens is 427 g/mol. The van der Waals surface area contributed by atoms with Gasteiger partial charge in [-0.15, -0.1) is 24.0 Å². The summed E-state index contributed by atoms with van der Waals surface area (Å²) in [6.07, 6.45) is 1.90. The molecule has 1 saturated heterocycles. The molecule has 1 aliphatic heterocycles. The lowest BCUT2D eigenvalue weighted by Gasteiger charge is -2.26. The largest absolute Gasteiger partial charge is 0.379 e. The number of nitrogens with zero attached hydrogens (tertiary/aromatic N) is 2. The molecule has 0 unspecified atom stereocenters. The second-order valence-electron chi connectivity index (χ2n) is 5.38. The number of benzene rings is 1. The molecule has 0 amide bonds. The van der Waals surface area contributed by atoms with Crippen LogP contribution >= 0.6 is 35.6 Å². The minimum Gasteiger partial charge on any atom is -0.379 e. The summed E-state index contributed by atoms with van der Waals surface area (Å²) >= 11 is 5.95. The molecule has 1 aromatic rings. The van der Waals surface area contributed by atoms with Gasteiger partial charge in [0, 0.05) is 37.7 Å². The second-order valence-corrected chi connectivity index (χ2v) is 5.82. The monoisotopic (exact) mass is 452 g/mol. The lowest BCUT2D eigenvalue weighted by Crippen LogP contribution is -2.37. The zero-order valence-electron chi connectivity index (χ0n) is 13.3. The molecule has 0 saturated carbocycles. The number of rotatable bonds is 7. The Kier molecular flexibility index (Phi) is 10.6. The van der Waals surface area contributed by atoms with Crippen molar-refractivity contribution < 1.29 is 4.74 Å². The van der Waals surface area contributed by atoms with Crippen molar-refractivity contribution in [2.45, 2.75) is 12.8 Å². The van der Waals surface area contributed by atoms with Gasteiger partial charge < -0.3 is 15.8 Å². The average Bonchev–Trinajstić information content (AvgIpc) is 2.53. The van der Waals surface area contributed by atoms with Crippen LogP contribution in [0.2, 0.25) is 5.02 Å². The zero-order valence-corrected chi connectivity index (χ0v) is 16.4. The van der Waals surface area contributed by atoms with Crippen LogP contribution in [0.4, 0.5) is 0 Å². The minimum absolute atomic E-state index is 0. The molecule has 130 valence electrons. The van der Waals surface area contributed by atoms with E-state index in [1.54, 1.807) is 0 Å². The van der Waals surface area contributed by atoms with Gasteiger partial charge in [0.05, 0.1) is 13.2 Å². The lowest BCUT2D eigenvalue weighted by molar-refractivity contribution is 0.0377. The lowest BCUT2D eigenvalue weighted by atomic mass is 10.1. The fourth-order valence-corrected chi connectivity index (χ4v) is 2.61. The average molecular weight is 453 g/mol. The quantitative estimate of drug-likeness (QED) is 0.288. The Balaban J connectivity index is 0.00000264. The number of morpholine rings is 1. The fraction of sp³-hybridized carbons (Fsp3) is 0.562. The Labute approximate surface area is 160 Å². The van der Waals surface area contributed by atoms with Crippen LogP contribution in [-0.4, -0.2) is 56.8 Å². The van der Waals surface area contributed by atoms with E-state index in [2.05, 4.69) is 21.3 Å². The molecule has 2 rings (SSSR count).